The number of esters is 1. The zero-order chi connectivity index (χ0) is 40.6. The molecule has 310 valence electrons. The standard InChI is InChI=1S/C42H57IN6O8/c1-28-24-31(25-29(2)39(28)52)26-36(57-42(55)48-21-15-34(16-22-48)49-23-12-32-6-4-5-7-35(32)44-41(49)54)40(53)47-19-13-33(14-20-47)46-17-10-30(11-18-46)8-9-38(51)56-27-37(50)45(3)43/h4-7,24-25,30,33-34,36,52H,8-23,26-27H2,1-3H3,(H,44,54)/t36-/m1/s1. The van der Waals surface area contributed by atoms with Crippen LogP contribution in [-0.4, -0.2) is 135 Å². The molecule has 3 fully saturated rings. The number of fused-ring (bicyclic) bond motifs is 1. The van der Waals surface area contributed by atoms with Gasteiger partial charge in [0.1, 0.15) is 5.75 Å². The minimum absolute atomic E-state index is 0.00879. The first kappa shape index (κ1) is 42.5. The molecule has 1 atom stereocenters. The predicted molar refractivity (Wildman–Crippen MR) is 223 cm³/mol. The van der Waals surface area contributed by atoms with Gasteiger partial charge in [-0.3, -0.25) is 17.5 Å². The number of amides is 5. The number of phenols is 1. The average molecular weight is 901 g/mol. The van der Waals surface area contributed by atoms with Gasteiger partial charge in [0.25, 0.3) is 11.8 Å². The highest BCUT2D eigenvalue weighted by Crippen LogP contribution is 2.29. The maximum Gasteiger partial charge on any atom is 0.410 e. The Balaban J connectivity index is 1.00. The molecular weight excluding hydrogens is 843 g/mol. The molecule has 57 heavy (non-hydrogen) atoms. The Morgan fingerprint density at radius 3 is 2.19 bits per heavy atom. The van der Waals surface area contributed by atoms with Crippen molar-refractivity contribution < 1.29 is 38.6 Å². The second kappa shape index (κ2) is 19.6. The molecule has 0 radical (unpaired) electrons. The fraction of sp³-hybridized carbons (Fsp3) is 0.595. The van der Waals surface area contributed by atoms with Crippen LogP contribution in [0.25, 0.3) is 0 Å². The number of aromatic hydroxyl groups is 1. The predicted octanol–water partition coefficient (Wildman–Crippen LogP) is 5.45. The van der Waals surface area contributed by atoms with E-state index in [0.717, 1.165) is 68.4 Å². The van der Waals surface area contributed by atoms with Crippen LogP contribution in [0.5, 0.6) is 5.75 Å². The third kappa shape index (κ3) is 11.1. The van der Waals surface area contributed by atoms with Gasteiger partial charge in [-0.15, -0.1) is 0 Å². The average Bonchev–Trinajstić information content (AvgIpc) is 3.38. The number of likely N-dealkylation sites (N-methyl/N-ethyl adjacent to an activating group) is 1. The van der Waals surface area contributed by atoms with Crippen LogP contribution in [0.15, 0.2) is 36.4 Å². The normalized spacial score (nSPS) is 19.3. The Morgan fingerprint density at radius 2 is 1.53 bits per heavy atom. The molecule has 2 N–H and O–H groups in total. The van der Waals surface area contributed by atoms with Crippen molar-refractivity contribution in [1.82, 2.24) is 22.7 Å². The Hall–Kier alpha value is -4.12. The van der Waals surface area contributed by atoms with Gasteiger partial charge < -0.3 is 39.5 Å². The molecule has 0 bridgehead atoms. The van der Waals surface area contributed by atoms with Crippen LogP contribution in [0.2, 0.25) is 0 Å². The van der Waals surface area contributed by atoms with Gasteiger partial charge in [-0.25, -0.2) is 9.59 Å². The number of halogens is 1. The molecule has 2 aromatic rings. The molecule has 4 aliphatic heterocycles. The zero-order valence-corrected chi connectivity index (χ0v) is 35.6. The Bertz CT molecular complexity index is 1750. The number of rotatable bonds is 11. The summed E-state index contributed by atoms with van der Waals surface area (Å²) in [6, 6.07) is 11.8. The van der Waals surface area contributed by atoms with Crippen LogP contribution in [0.3, 0.4) is 0 Å². The van der Waals surface area contributed by atoms with Crippen LogP contribution in [-0.2, 0) is 36.7 Å². The first-order valence-electron chi connectivity index (χ1n) is 20.4. The highest BCUT2D eigenvalue weighted by molar-refractivity contribution is 14.1. The fourth-order valence-electron chi connectivity index (χ4n) is 8.74. The molecule has 0 unspecified atom stereocenters. The number of likely N-dealkylation sites (tertiary alicyclic amines) is 3. The third-order valence-electron chi connectivity index (χ3n) is 12.2. The molecule has 0 aliphatic carbocycles. The summed E-state index contributed by atoms with van der Waals surface area (Å²) < 4.78 is 12.6. The van der Waals surface area contributed by atoms with Crippen molar-refractivity contribution >= 4 is 58.5 Å². The number of piperidine rings is 3. The first-order chi connectivity index (χ1) is 27.4. The molecule has 0 aromatic heterocycles. The van der Waals surface area contributed by atoms with E-state index < -0.39 is 12.2 Å². The summed E-state index contributed by atoms with van der Waals surface area (Å²) in [4.78, 5) is 72.8. The van der Waals surface area contributed by atoms with Crippen molar-refractivity contribution in [3.8, 4) is 5.75 Å². The van der Waals surface area contributed by atoms with E-state index in [0.29, 0.717) is 75.1 Å². The third-order valence-corrected chi connectivity index (χ3v) is 12.7. The number of hydrogen-bond acceptors (Lipinski definition) is 9. The van der Waals surface area contributed by atoms with Gasteiger partial charge in [-0.2, -0.15) is 0 Å². The number of aryl methyl sites for hydroxylation is 2. The highest BCUT2D eigenvalue weighted by atomic mass is 127. The van der Waals surface area contributed by atoms with E-state index in [4.69, 9.17) is 9.47 Å². The van der Waals surface area contributed by atoms with Gasteiger partial charge in [0.2, 0.25) is 0 Å². The van der Waals surface area contributed by atoms with Crippen molar-refractivity contribution in [2.24, 2.45) is 5.92 Å². The number of para-hydroxylation sites is 1. The molecule has 4 heterocycles. The van der Waals surface area contributed by atoms with Crippen LogP contribution in [0.1, 0.15) is 73.6 Å². The van der Waals surface area contributed by atoms with E-state index in [1.165, 1.54) is 3.11 Å². The van der Waals surface area contributed by atoms with Crippen LogP contribution in [0.4, 0.5) is 15.3 Å². The van der Waals surface area contributed by atoms with Crippen molar-refractivity contribution in [3.05, 3.63) is 58.7 Å². The SMILES string of the molecule is Cc1cc(C[C@@H](OC(=O)N2CCC(N3CCc4ccccc4NC3=O)CC2)C(=O)N2CCC(N3CCC(CCC(=O)OCC(=O)N(C)I)CC3)CC2)cc(C)c1O. The Morgan fingerprint density at radius 1 is 0.895 bits per heavy atom. The number of nitrogens with zero attached hydrogens (tertiary/aromatic N) is 5. The molecule has 15 heteroatoms. The van der Waals surface area contributed by atoms with Gasteiger partial charge in [0.05, 0.1) is 22.9 Å². The van der Waals surface area contributed by atoms with Gasteiger partial charge in [-0.1, -0.05) is 30.3 Å². The molecule has 0 spiro atoms. The number of benzene rings is 2. The summed E-state index contributed by atoms with van der Waals surface area (Å²) >= 11 is 1.86. The van der Waals surface area contributed by atoms with Crippen molar-refractivity contribution in [1.29, 1.82) is 0 Å². The van der Waals surface area contributed by atoms with E-state index in [1.54, 1.807) is 11.9 Å². The minimum Gasteiger partial charge on any atom is -0.507 e. The summed E-state index contributed by atoms with van der Waals surface area (Å²) in [5.74, 6) is -0.151. The topological polar surface area (TPSA) is 152 Å². The quantitative estimate of drug-likeness (QED) is 0.171. The molecule has 4 aliphatic rings. The first-order valence-corrected chi connectivity index (χ1v) is 21.3. The van der Waals surface area contributed by atoms with E-state index >= 15 is 0 Å². The molecule has 5 amide bonds. The van der Waals surface area contributed by atoms with Crippen molar-refractivity contribution in [2.45, 2.75) is 96.2 Å². The summed E-state index contributed by atoms with van der Waals surface area (Å²) in [7, 11) is 1.62. The molecule has 2 aromatic carbocycles. The number of phenolic OH excluding ortho intramolecular Hbond substituents is 1. The van der Waals surface area contributed by atoms with Crippen molar-refractivity contribution in [2.75, 3.05) is 64.8 Å². The van der Waals surface area contributed by atoms with E-state index in [9.17, 15) is 29.1 Å². The van der Waals surface area contributed by atoms with Gasteiger partial charge in [0, 0.05) is 70.4 Å². The number of nitrogens with one attached hydrogen (secondary N) is 1. The number of ether oxygens (including phenoxy) is 2. The largest absolute Gasteiger partial charge is 0.507 e. The second-order valence-corrected chi connectivity index (χ2v) is 17.5. The van der Waals surface area contributed by atoms with Gasteiger partial charge >= 0.3 is 18.1 Å². The molecule has 0 saturated carbocycles. The van der Waals surface area contributed by atoms with Crippen LogP contribution < -0.4 is 5.32 Å². The lowest BCUT2D eigenvalue weighted by Gasteiger charge is -2.42. The molecule has 6 rings (SSSR count). The summed E-state index contributed by atoms with van der Waals surface area (Å²) in [5, 5.41) is 13.4. The lowest BCUT2D eigenvalue weighted by atomic mass is 9.90. The Labute approximate surface area is 349 Å². The zero-order valence-electron chi connectivity index (χ0n) is 33.4. The van der Waals surface area contributed by atoms with E-state index in [-0.39, 0.29) is 48.6 Å². The number of anilines is 1. The number of carbonyl (C=O) groups excluding carboxylic acids is 5. The second-order valence-electron chi connectivity index (χ2n) is 16.0. The number of urea groups is 1. The smallest absolute Gasteiger partial charge is 0.410 e. The summed E-state index contributed by atoms with van der Waals surface area (Å²) in [5.41, 5.74) is 4.17. The lowest BCUT2D eigenvalue weighted by molar-refractivity contribution is -0.149. The molecule has 3 saturated heterocycles. The van der Waals surface area contributed by atoms with Gasteiger partial charge in [0.15, 0.2) is 12.7 Å². The van der Waals surface area contributed by atoms with Gasteiger partial charge in [-0.05, 0) is 113 Å². The van der Waals surface area contributed by atoms with E-state index in [1.807, 2.05) is 82.9 Å². The summed E-state index contributed by atoms with van der Waals surface area (Å²) in [6.45, 7) is 7.85. The molecule has 14 nitrogen and oxygen atoms in total. The number of hydrogen-bond donors (Lipinski definition) is 2. The van der Waals surface area contributed by atoms with Crippen LogP contribution in [0, 0.1) is 19.8 Å². The Kier molecular flexibility index (Phi) is 14.6. The summed E-state index contributed by atoms with van der Waals surface area (Å²) in [6.07, 6.45) is 5.32. The van der Waals surface area contributed by atoms with E-state index in [2.05, 4.69) is 10.2 Å². The van der Waals surface area contributed by atoms with Crippen LogP contribution >= 0.6 is 22.9 Å². The maximum atomic E-state index is 14.2. The van der Waals surface area contributed by atoms with Crippen molar-refractivity contribution in [3.63, 3.8) is 0 Å². The fourth-order valence-corrected chi connectivity index (χ4v) is 8.88. The number of carbonyl (C=O) groups is 5. The maximum absolute atomic E-state index is 14.2. The monoisotopic (exact) mass is 900 g/mol. The minimum atomic E-state index is -1.02. The molecular formula is C42H57IN6O8. The highest BCUT2D eigenvalue weighted by Gasteiger charge is 2.37. The lowest BCUT2D eigenvalue weighted by Crippen LogP contribution is -2.53.